The number of benzene rings is 1. The summed E-state index contributed by atoms with van der Waals surface area (Å²) in [6, 6.07) is 6.41. The summed E-state index contributed by atoms with van der Waals surface area (Å²) >= 11 is 12.1. The highest BCUT2D eigenvalue weighted by atomic mass is 35.5. The molecule has 18 heavy (non-hydrogen) atoms. The van der Waals surface area contributed by atoms with E-state index in [2.05, 4.69) is 17.1 Å². The molecule has 0 bridgehead atoms. The Bertz CT molecular complexity index is 369. The summed E-state index contributed by atoms with van der Waals surface area (Å²) in [5.74, 6) is 0. The molecule has 1 aromatic rings. The highest BCUT2D eigenvalue weighted by Gasteiger charge is 2.17. The summed E-state index contributed by atoms with van der Waals surface area (Å²) in [6.07, 6.45) is 2.58. The summed E-state index contributed by atoms with van der Waals surface area (Å²) in [5.41, 5.74) is 1.19. The Balaban J connectivity index is 1.95. The summed E-state index contributed by atoms with van der Waals surface area (Å²) in [4.78, 5) is 2.44. The zero-order valence-corrected chi connectivity index (χ0v) is 12.3. The van der Waals surface area contributed by atoms with Crippen molar-refractivity contribution in [2.24, 2.45) is 0 Å². The van der Waals surface area contributed by atoms with Gasteiger partial charge < -0.3 is 5.32 Å². The molecule has 0 radical (unpaired) electrons. The second-order valence-electron chi connectivity index (χ2n) is 4.90. The first-order chi connectivity index (χ1) is 8.67. The molecule has 1 N–H and O–H groups in total. The lowest BCUT2D eigenvalue weighted by Crippen LogP contribution is -2.37. The van der Waals surface area contributed by atoms with Gasteiger partial charge in [0.05, 0.1) is 0 Å². The number of hydrogen-bond donors (Lipinski definition) is 1. The van der Waals surface area contributed by atoms with E-state index >= 15 is 0 Å². The zero-order valence-electron chi connectivity index (χ0n) is 10.8. The van der Waals surface area contributed by atoms with E-state index in [1.54, 1.807) is 6.07 Å². The molecule has 0 saturated carbocycles. The Morgan fingerprint density at radius 1 is 1.28 bits per heavy atom. The van der Waals surface area contributed by atoms with Crippen LogP contribution in [0, 0.1) is 0 Å². The predicted molar refractivity (Wildman–Crippen MR) is 78.4 cm³/mol. The van der Waals surface area contributed by atoms with Gasteiger partial charge >= 0.3 is 0 Å². The van der Waals surface area contributed by atoms with Gasteiger partial charge in [0, 0.05) is 29.2 Å². The zero-order chi connectivity index (χ0) is 13.0. The molecule has 1 fully saturated rings. The van der Waals surface area contributed by atoms with Crippen molar-refractivity contribution in [3.8, 4) is 0 Å². The van der Waals surface area contributed by atoms with Crippen LogP contribution in [0.15, 0.2) is 18.2 Å². The van der Waals surface area contributed by atoms with E-state index in [0.29, 0.717) is 16.1 Å². The minimum Gasteiger partial charge on any atom is -0.313 e. The number of nitrogens with zero attached hydrogens (tertiary/aromatic N) is 1. The van der Waals surface area contributed by atoms with Crippen LogP contribution < -0.4 is 5.32 Å². The maximum absolute atomic E-state index is 6.03. The highest BCUT2D eigenvalue weighted by molar-refractivity contribution is 6.34. The SMILES string of the molecule is CCN(Cc1cc(Cl)cc(Cl)c1)CC1CCCN1. The van der Waals surface area contributed by atoms with E-state index in [0.717, 1.165) is 26.2 Å². The summed E-state index contributed by atoms with van der Waals surface area (Å²) in [5, 5.41) is 4.97. The second-order valence-corrected chi connectivity index (χ2v) is 5.77. The molecule has 1 atom stereocenters. The van der Waals surface area contributed by atoms with Crippen LogP contribution in [0.5, 0.6) is 0 Å². The van der Waals surface area contributed by atoms with Crippen LogP contribution in [0.25, 0.3) is 0 Å². The van der Waals surface area contributed by atoms with Gasteiger partial charge in [-0.15, -0.1) is 0 Å². The van der Waals surface area contributed by atoms with Gasteiger partial charge in [-0.2, -0.15) is 0 Å². The normalized spacial score (nSPS) is 19.7. The third-order valence-electron chi connectivity index (χ3n) is 3.42. The largest absolute Gasteiger partial charge is 0.313 e. The Morgan fingerprint density at radius 3 is 2.56 bits per heavy atom. The Kier molecular flexibility index (Phi) is 5.31. The van der Waals surface area contributed by atoms with Gasteiger partial charge in [0.2, 0.25) is 0 Å². The lowest BCUT2D eigenvalue weighted by atomic mass is 10.1. The van der Waals surface area contributed by atoms with E-state index in [-0.39, 0.29) is 0 Å². The fraction of sp³-hybridized carbons (Fsp3) is 0.571. The van der Waals surface area contributed by atoms with Crippen molar-refractivity contribution in [2.45, 2.75) is 32.4 Å². The molecule has 1 aromatic carbocycles. The molecule has 1 heterocycles. The monoisotopic (exact) mass is 286 g/mol. The molecular weight excluding hydrogens is 267 g/mol. The van der Waals surface area contributed by atoms with Crippen molar-refractivity contribution in [3.05, 3.63) is 33.8 Å². The van der Waals surface area contributed by atoms with Crippen LogP contribution in [0.4, 0.5) is 0 Å². The standard InChI is InChI=1S/C14H20Cl2N2/c1-2-18(10-14-4-3-5-17-14)9-11-6-12(15)8-13(16)7-11/h6-8,14,17H,2-5,9-10H2,1H3. The van der Waals surface area contributed by atoms with Crippen LogP contribution in [-0.4, -0.2) is 30.6 Å². The number of hydrogen-bond acceptors (Lipinski definition) is 2. The highest BCUT2D eigenvalue weighted by Crippen LogP contribution is 2.20. The van der Waals surface area contributed by atoms with Crippen molar-refractivity contribution >= 4 is 23.2 Å². The smallest absolute Gasteiger partial charge is 0.0424 e. The first-order valence-corrected chi connectivity index (χ1v) is 7.33. The lowest BCUT2D eigenvalue weighted by molar-refractivity contribution is 0.253. The van der Waals surface area contributed by atoms with Crippen LogP contribution >= 0.6 is 23.2 Å². The number of nitrogens with one attached hydrogen (secondary N) is 1. The predicted octanol–water partition coefficient (Wildman–Crippen LogP) is 3.57. The fourth-order valence-electron chi connectivity index (χ4n) is 2.49. The van der Waals surface area contributed by atoms with Crippen molar-refractivity contribution in [1.82, 2.24) is 10.2 Å². The van der Waals surface area contributed by atoms with E-state index in [4.69, 9.17) is 23.2 Å². The van der Waals surface area contributed by atoms with Crippen LogP contribution in [0.1, 0.15) is 25.3 Å². The average molecular weight is 287 g/mol. The molecule has 0 amide bonds. The van der Waals surface area contributed by atoms with E-state index in [1.165, 1.54) is 18.4 Å². The van der Waals surface area contributed by atoms with Crippen LogP contribution in [0.2, 0.25) is 10.0 Å². The average Bonchev–Trinajstić information content (AvgIpc) is 2.79. The lowest BCUT2D eigenvalue weighted by Gasteiger charge is -2.24. The molecular formula is C14H20Cl2N2. The van der Waals surface area contributed by atoms with Gasteiger partial charge in [0.1, 0.15) is 0 Å². The molecule has 0 spiro atoms. The van der Waals surface area contributed by atoms with Gasteiger partial charge in [-0.05, 0) is 49.7 Å². The Morgan fingerprint density at radius 2 is 2.00 bits per heavy atom. The van der Waals surface area contributed by atoms with Crippen molar-refractivity contribution in [2.75, 3.05) is 19.6 Å². The van der Waals surface area contributed by atoms with Crippen LogP contribution in [0.3, 0.4) is 0 Å². The van der Waals surface area contributed by atoms with Crippen molar-refractivity contribution in [3.63, 3.8) is 0 Å². The van der Waals surface area contributed by atoms with Gasteiger partial charge in [0.25, 0.3) is 0 Å². The van der Waals surface area contributed by atoms with Gasteiger partial charge in [-0.25, -0.2) is 0 Å². The number of halogens is 2. The van der Waals surface area contributed by atoms with E-state index < -0.39 is 0 Å². The Hall–Kier alpha value is -0.280. The topological polar surface area (TPSA) is 15.3 Å². The molecule has 2 rings (SSSR count). The molecule has 2 nitrogen and oxygen atoms in total. The first kappa shape index (κ1) is 14.1. The second kappa shape index (κ2) is 6.76. The Labute approximate surface area is 119 Å². The maximum Gasteiger partial charge on any atom is 0.0424 e. The summed E-state index contributed by atoms with van der Waals surface area (Å²) in [6.45, 7) is 6.41. The van der Waals surface area contributed by atoms with Crippen molar-refractivity contribution in [1.29, 1.82) is 0 Å². The minimum absolute atomic E-state index is 0.639. The molecule has 0 aliphatic carbocycles. The molecule has 4 heteroatoms. The molecule has 1 unspecified atom stereocenters. The quantitative estimate of drug-likeness (QED) is 0.890. The molecule has 1 aliphatic rings. The third-order valence-corrected chi connectivity index (χ3v) is 3.85. The van der Waals surface area contributed by atoms with Crippen molar-refractivity contribution < 1.29 is 0 Å². The third kappa shape index (κ3) is 4.13. The number of rotatable bonds is 5. The van der Waals surface area contributed by atoms with E-state index in [1.807, 2.05) is 12.1 Å². The summed E-state index contributed by atoms with van der Waals surface area (Å²) < 4.78 is 0. The fourth-order valence-corrected chi connectivity index (χ4v) is 3.06. The number of likely N-dealkylation sites (N-methyl/N-ethyl adjacent to an activating group) is 1. The minimum atomic E-state index is 0.639. The van der Waals surface area contributed by atoms with Crippen LogP contribution in [-0.2, 0) is 6.54 Å². The first-order valence-electron chi connectivity index (χ1n) is 6.58. The summed E-state index contributed by atoms with van der Waals surface area (Å²) in [7, 11) is 0. The van der Waals surface area contributed by atoms with Gasteiger partial charge in [-0.3, -0.25) is 4.90 Å². The van der Waals surface area contributed by atoms with E-state index in [9.17, 15) is 0 Å². The van der Waals surface area contributed by atoms with Gasteiger partial charge in [-0.1, -0.05) is 30.1 Å². The molecule has 1 saturated heterocycles. The maximum atomic E-state index is 6.03. The molecule has 0 aromatic heterocycles. The van der Waals surface area contributed by atoms with Gasteiger partial charge in [0.15, 0.2) is 0 Å². The molecule has 1 aliphatic heterocycles. The molecule has 100 valence electrons.